The standard InChI is InChI=1S/C17H15ClFNO/c1-2-20-15(9-12-3-6-14(19)10-17(12)20)11-21-16-7-4-13(18)5-8-16/h3-10H,2,11H2,1H3. The van der Waals surface area contributed by atoms with Crippen LogP contribution >= 0.6 is 11.6 Å². The molecular formula is C17H15ClFNO. The zero-order valence-corrected chi connectivity index (χ0v) is 12.4. The monoisotopic (exact) mass is 303 g/mol. The number of fused-ring (bicyclic) bond motifs is 1. The first-order valence-electron chi connectivity index (χ1n) is 6.83. The summed E-state index contributed by atoms with van der Waals surface area (Å²) in [6.45, 7) is 3.24. The summed E-state index contributed by atoms with van der Waals surface area (Å²) in [4.78, 5) is 0. The average Bonchev–Trinajstić information content (AvgIpc) is 2.83. The van der Waals surface area contributed by atoms with Gasteiger partial charge >= 0.3 is 0 Å². The summed E-state index contributed by atoms with van der Waals surface area (Å²) in [6.07, 6.45) is 0. The van der Waals surface area contributed by atoms with E-state index in [0.717, 1.165) is 28.9 Å². The predicted molar refractivity (Wildman–Crippen MR) is 83.4 cm³/mol. The van der Waals surface area contributed by atoms with Crippen molar-refractivity contribution in [1.82, 2.24) is 4.57 Å². The van der Waals surface area contributed by atoms with E-state index in [-0.39, 0.29) is 5.82 Å². The van der Waals surface area contributed by atoms with Crippen LogP contribution in [0.15, 0.2) is 48.5 Å². The highest BCUT2D eigenvalue weighted by atomic mass is 35.5. The molecule has 108 valence electrons. The molecule has 2 aromatic carbocycles. The average molecular weight is 304 g/mol. The Bertz CT molecular complexity index is 764. The molecule has 0 saturated heterocycles. The van der Waals surface area contributed by atoms with Gasteiger partial charge in [-0.15, -0.1) is 0 Å². The topological polar surface area (TPSA) is 14.2 Å². The van der Waals surface area contributed by atoms with Crippen molar-refractivity contribution in [2.45, 2.75) is 20.1 Å². The molecule has 3 aromatic rings. The maximum absolute atomic E-state index is 13.4. The molecule has 3 rings (SSSR count). The fourth-order valence-corrected chi connectivity index (χ4v) is 2.59. The van der Waals surface area contributed by atoms with E-state index < -0.39 is 0 Å². The third-order valence-corrected chi connectivity index (χ3v) is 3.72. The highest BCUT2D eigenvalue weighted by Gasteiger charge is 2.09. The molecule has 0 aliphatic heterocycles. The van der Waals surface area contributed by atoms with Crippen molar-refractivity contribution in [2.24, 2.45) is 0 Å². The number of benzene rings is 2. The number of aromatic nitrogens is 1. The molecular weight excluding hydrogens is 289 g/mol. The van der Waals surface area contributed by atoms with Gasteiger partial charge in [-0.1, -0.05) is 11.6 Å². The number of halogens is 2. The predicted octanol–water partition coefficient (Wildman–Crippen LogP) is 5.03. The van der Waals surface area contributed by atoms with E-state index in [1.807, 2.05) is 25.1 Å². The van der Waals surface area contributed by atoms with Crippen LogP contribution in [0.25, 0.3) is 10.9 Å². The Labute approximate surface area is 127 Å². The van der Waals surface area contributed by atoms with Gasteiger partial charge in [0.15, 0.2) is 0 Å². The van der Waals surface area contributed by atoms with Gasteiger partial charge < -0.3 is 9.30 Å². The molecule has 0 fully saturated rings. The van der Waals surface area contributed by atoms with Crippen LogP contribution in [0.3, 0.4) is 0 Å². The molecule has 0 amide bonds. The summed E-state index contributed by atoms with van der Waals surface area (Å²) in [6, 6.07) is 14.1. The zero-order valence-electron chi connectivity index (χ0n) is 11.6. The number of hydrogen-bond donors (Lipinski definition) is 0. The van der Waals surface area contributed by atoms with E-state index >= 15 is 0 Å². The molecule has 0 saturated carbocycles. The summed E-state index contributed by atoms with van der Waals surface area (Å²) < 4.78 is 21.2. The lowest BCUT2D eigenvalue weighted by molar-refractivity contribution is 0.296. The van der Waals surface area contributed by atoms with Crippen LogP contribution in [0.4, 0.5) is 4.39 Å². The van der Waals surface area contributed by atoms with E-state index in [1.54, 1.807) is 24.3 Å². The quantitative estimate of drug-likeness (QED) is 0.659. The van der Waals surface area contributed by atoms with Crippen LogP contribution in [-0.4, -0.2) is 4.57 Å². The highest BCUT2D eigenvalue weighted by molar-refractivity contribution is 6.30. The summed E-state index contributed by atoms with van der Waals surface area (Å²) >= 11 is 5.85. The van der Waals surface area contributed by atoms with Gasteiger partial charge in [-0.05, 0) is 55.5 Å². The van der Waals surface area contributed by atoms with E-state index in [1.165, 1.54) is 6.07 Å². The lowest BCUT2D eigenvalue weighted by atomic mass is 10.2. The first-order chi connectivity index (χ1) is 10.2. The van der Waals surface area contributed by atoms with E-state index in [2.05, 4.69) is 4.57 Å². The van der Waals surface area contributed by atoms with E-state index in [0.29, 0.717) is 11.6 Å². The van der Waals surface area contributed by atoms with Crippen molar-refractivity contribution in [2.75, 3.05) is 0 Å². The third-order valence-electron chi connectivity index (χ3n) is 3.47. The Morgan fingerprint density at radius 3 is 2.57 bits per heavy atom. The van der Waals surface area contributed by atoms with Crippen molar-refractivity contribution < 1.29 is 9.13 Å². The van der Waals surface area contributed by atoms with Crippen molar-refractivity contribution in [3.63, 3.8) is 0 Å². The van der Waals surface area contributed by atoms with E-state index in [9.17, 15) is 4.39 Å². The number of aryl methyl sites for hydroxylation is 1. The summed E-state index contributed by atoms with van der Waals surface area (Å²) in [5, 5.41) is 1.70. The normalized spacial score (nSPS) is 11.0. The fourth-order valence-electron chi connectivity index (χ4n) is 2.47. The smallest absolute Gasteiger partial charge is 0.128 e. The van der Waals surface area contributed by atoms with Crippen LogP contribution in [0.1, 0.15) is 12.6 Å². The molecule has 4 heteroatoms. The Morgan fingerprint density at radius 2 is 1.86 bits per heavy atom. The molecule has 2 nitrogen and oxygen atoms in total. The molecule has 0 aliphatic carbocycles. The van der Waals surface area contributed by atoms with E-state index in [4.69, 9.17) is 16.3 Å². The highest BCUT2D eigenvalue weighted by Crippen LogP contribution is 2.23. The lowest BCUT2D eigenvalue weighted by Gasteiger charge is -2.10. The molecule has 0 radical (unpaired) electrons. The fraction of sp³-hybridized carbons (Fsp3) is 0.176. The number of ether oxygens (including phenoxy) is 1. The summed E-state index contributed by atoms with van der Waals surface area (Å²) in [5.41, 5.74) is 1.92. The van der Waals surface area contributed by atoms with Crippen molar-refractivity contribution in [3.05, 3.63) is 65.1 Å². The number of nitrogens with zero attached hydrogens (tertiary/aromatic N) is 1. The van der Waals surface area contributed by atoms with Crippen LogP contribution in [0.2, 0.25) is 5.02 Å². The molecule has 0 bridgehead atoms. The Hall–Kier alpha value is -2.00. The third kappa shape index (κ3) is 2.88. The summed E-state index contributed by atoms with van der Waals surface area (Å²) in [5.74, 6) is 0.541. The second-order valence-electron chi connectivity index (χ2n) is 4.83. The van der Waals surface area contributed by atoms with Gasteiger partial charge in [0, 0.05) is 17.0 Å². The molecule has 0 spiro atoms. The minimum atomic E-state index is -0.222. The van der Waals surface area contributed by atoms with Crippen molar-refractivity contribution >= 4 is 22.5 Å². The van der Waals surface area contributed by atoms with Crippen LogP contribution < -0.4 is 4.74 Å². The summed E-state index contributed by atoms with van der Waals surface area (Å²) in [7, 11) is 0. The molecule has 1 heterocycles. The first kappa shape index (κ1) is 14.0. The SMILES string of the molecule is CCn1c(COc2ccc(Cl)cc2)cc2ccc(F)cc21. The second kappa shape index (κ2) is 5.78. The van der Waals surface area contributed by atoms with Gasteiger partial charge in [-0.3, -0.25) is 0 Å². The van der Waals surface area contributed by atoms with Gasteiger partial charge in [0.25, 0.3) is 0 Å². The van der Waals surface area contributed by atoms with Crippen LogP contribution in [-0.2, 0) is 13.2 Å². The Balaban J connectivity index is 1.88. The Kier molecular flexibility index (Phi) is 3.84. The van der Waals surface area contributed by atoms with Crippen molar-refractivity contribution in [1.29, 1.82) is 0 Å². The molecule has 0 aliphatic rings. The molecule has 1 aromatic heterocycles. The van der Waals surface area contributed by atoms with Gasteiger partial charge in [-0.2, -0.15) is 0 Å². The molecule has 0 N–H and O–H groups in total. The van der Waals surface area contributed by atoms with Gasteiger partial charge in [0.2, 0.25) is 0 Å². The molecule has 21 heavy (non-hydrogen) atoms. The largest absolute Gasteiger partial charge is 0.487 e. The maximum atomic E-state index is 13.4. The number of rotatable bonds is 4. The first-order valence-corrected chi connectivity index (χ1v) is 7.21. The number of hydrogen-bond acceptors (Lipinski definition) is 1. The molecule has 0 unspecified atom stereocenters. The van der Waals surface area contributed by atoms with Crippen LogP contribution in [0.5, 0.6) is 5.75 Å². The lowest BCUT2D eigenvalue weighted by Crippen LogP contribution is -2.04. The molecule has 0 atom stereocenters. The van der Waals surface area contributed by atoms with Gasteiger partial charge in [0.1, 0.15) is 18.2 Å². The van der Waals surface area contributed by atoms with Gasteiger partial charge in [-0.25, -0.2) is 4.39 Å². The Morgan fingerprint density at radius 1 is 1.10 bits per heavy atom. The minimum Gasteiger partial charge on any atom is -0.487 e. The van der Waals surface area contributed by atoms with Crippen molar-refractivity contribution in [3.8, 4) is 5.75 Å². The van der Waals surface area contributed by atoms with Crippen LogP contribution in [0, 0.1) is 5.82 Å². The second-order valence-corrected chi connectivity index (χ2v) is 5.26. The minimum absolute atomic E-state index is 0.222. The zero-order chi connectivity index (χ0) is 14.8. The van der Waals surface area contributed by atoms with Gasteiger partial charge in [0.05, 0.1) is 11.2 Å². The maximum Gasteiger partial charge on any atom is 0.128 e.